The Balaban J connectivity index is 0.000000361. The summed E-state index contributed by atoms with van der Waals surface area (Å²) in [7, 11) is 0. The fourth-order valence-electron chi connectivity index (χ4n) is 4.67. The summed E-state index contributed by atoms with van der Waals surface area (Å²) in [4.78, 5) is 2.84. The lowest BCUT2D eigenvalue weighted by molar-refractivity contribution is -0.0291. The fourth-order valence-corrected chi connectivity index (χ4v) is 4.67. The number of hydrogen-bond donors (Lipinski definition) is 1. The summed E-state index contributed by atoms with van der Waals surface area (Å²) >= 11 is 0. The Morgan fingerprint density at radius 3 is 2.05 bits per heavy atom. The minimum absolute atomic E-state index is 0.167. The van der Waals surface area contributed by atoms with Crippen molar-refractivity contribution >= 4 is 0 Å². The molecule has 0 atom stereocenters. The molecule has 0 aromatic heterocycles. The van der Waals surface area contributed by atoms with Crippen LogP contribution in [0.15, 0.2) is 0 Å². The van der Waals surface area contributed by atoms with Crippen LogP contribution in [-0.4, -0.2) is 35.2 Å². The molecule has 0 radical (unpaired) electrons. The molecule has 2 nitrogen and oxygen atoms in total. The molecule has 1 spiro atoms. The van der Waals surface area contributed by atoms with Crippen LogP contribution in [0, 0.1) is 11.3 Å². The van der Waals surface area contributed by atoms with Gasteiger partial charge in [-0.2, -0.15) is 0 Å². The second kappa shape index (κ2) is 7.97. The molecule has 0 bridgehead atoms. The molecule has 124 valence electrons. The first-order valence-electron chi connectivity index (χ1n) is 9.47. The van der Waals surface area contributed by atoms with Crippen LogP contribution in [0.4, 0.5) is 0 Å². The lowest BCUT2D eigenvalue weighted by atomic mass is 9.57. The zero-order chi connectivity index (χ0) is 15.3. The first-order valence-corrected chi connectivity index (χ1v) is 9.47. The lowest BCUT2D eigenvalue weighted by Gasteiger charge is -2.53. The van der Waals surface area contributed by atoms with E-state index in [9.17, 15) is 0 Å². The number of likely N-dealkylation sites (tertiary alicyclic amines) is 1. The van der Waals surface area contributed by atoms with E-state index in [2.05, 4.69) is 11.8 Å². The molecule has 0 aromatic rings. The van der Waals surface area contributed by atoms with Crippen molar-refractivity contribution in [1.29, 1.82) is 0 Å². The third-order valence-corrected chi connectivity index (χ3v) is 5.97. The monoisotopic (exact) mass is 295 g/mol. The van der Waals surface area contributed by atoms with Gasteiger partial charge >= 0.3 is 0 Å². The van der Waals surface area contributed by atoms with Crippen LogP contribution in [0.5, 0.6) is 0 Å². The van der Waals surface area contributed by atoms with E-state index in [0.29, 0.717) is 0 Å². The van der Waals surface area contributed by atoms with Gasteiger partial charge in [0.1, 0.15) is 0 Å². The van der Waals surface area contributed by atoms with E-state index in [0.717, 1.165) is 17.4 Å². The molecule has 0 unspecified atom stereocenters. The van der Waals surface area contributed by atoms with Crippen LogP contribution < -0.4 is 0 Å². The smallest absolute Gasteiger partial charge is 0.0483 e. The van der Waals surface area contributed by atoms with Crippen LogP contribution in [-0.2, 0) is 0 Å². The number of aliphatic hydroxyl groups excluding tert-OH is 1. The van der Waals surface area contributed by atoms with Gasteiger partial charge in [0.2, 0.25) is 0 Å². The molecule has 1 aliphatic heterocycles. The van der Waals surface area contributed by atoms with E-state index in [1.807, 2.05) is 0 Å². The third-order valence-electron chi connectivity index (χ3n) is 5.97. The van der Waals surface area contributed by atoms with E-state index in [-0.39, 0.29) is 6.10 Å². The summed E-state index contributed by atoms with van der Waals surface area (Å²) in [5.74, 6) is 1.08. The Labute approximate surface area is 132 Å². The van der Waals surface area contributed by atoms with E-state index >= 15 is 0 Å². The number of piperidine rings is 1. The summed E-state index contributed by atoms with van der Waals surface area (Å²) in [6.45, 7) is 8.65. The largest absolute Gasteiger partial charge is 0.394 e. The van der Waals surface area contributed by atoms with Gasteiger partial charge in [0.25, 0.3) is 0 Å². The van der Waals surface area contributed by atoms with Crippen molar-refractivity contribution in [3.05, 3.63) is 0 Å². The average molecular weight is 296 g/mol. The highest BCUT2D eigenvalue weighted by Crippen LogP contribution is 2.53. The number of nitrogens with zero attached hydrogens (tertiary/aromatic N) is 1. The van der Waals surface area contributed by atoms with Crippen molar-refractivity contribution in [1.82, 2.24) is 4.90 Å². The first kappa shape index (κ1) is 17.3. The first-order chi connectivity index (χ1) is 10.0. The van der Waals surface area contributed by atoms with E-state index in [1.165, 1.54) is 64.5 Å². The summed E-state index contributed by atoms with van der Waals surface area (Å²) in [5, 5.41) is 8.06. The molecule has 0 amide bonds. The molecule has 0 aromatic carbocycles. The molecule has 3 fully saturated rings. The molecular weight excluding hydrogens is 258 g/mol. The highest BCUT2D eigenvalue weighted by Gasteiger charge is 2.45. The van der Waals surface area contributed by atoms with E-state index in [1.54, 1.807) is 26.7 Å². The van der Waals surface area contributed by atoms with Crippen molar-refractivity contribution in [2.24, 2.45) is 11.3 Å². The molecule has 3 aliphatic rings. The van der Waals surface area contributed by atoms with Gasteiger partial charge in [0.15, 0.2) is 0 Å². The van der Waals surface area contributed by atoms with Gasteiger partial charge in [-0.3, -0.25) is 0 Å². The second-order valence-corrected chi connectivity index (χ2v) is 8.10. The highest BCUT2D eigenvalue weighted by molar-refractivity contribution is 4.97. The lowest BCUT2D eigenvalue weighted by Crippen LogP contribution is -2.50. The third kappa shape index (κ3) is 4.96. The fraction of sp³-hybridized carbons (Fsp3) is 1.00. The van der Waals surface area contributed by atoms with Crippen LogP contribution in [0.25, 0.3) is 0 Å². The quantitative estimate of drug-likeness (QED) is 0.804. The Morgan fingerprint density at radius 1 is 1.05 bits per heavy atom. The molecule has 1 saturated heterocycles. The van der Waals surface area contributed by atoms with Crippen molar-refractivity contribution in [2.45, 2.75) is 97.1 Å². The van der Waals surface area contributed by atoms with Gasteiger partial charge < -0.3 is 10.0 Å². The van der Waals surface area contributed by atoms with Crippen molar-refractivity contribution < 1.29 is 5.11 Å². The van der Waals surface area contributed by atoms with Gasteiger partial charge in [-0.1, -0.05) is 32.6 Å². The summed E-state index contributed by atoms with van der Waals surface area (Å²) in [6.07, 6.45) is 14.9. The summed E-state index contributed by atoms with van der Waals surface area (Å²) < 4.78 is 0. The molecular formula is C19H37NO. The maximum absolute atomic E-state index is 8.06. The van der Waals surface area contributed by atoms with Crippen LogP contribution in [0.2, 0.25) is 0 Å². The molecule has 2 heteroatoms. The predicted octanol–water partition coefficient (Wildman–Crippen LogP) is 4.61. The molecule has 1 N–H and O–H groups in total. The van der Waals surface area contributed by atoms with Crippen LogP contribution in [0.1, 0.15) is 85.0 Å². The van der Waals surface area contributed by atoms with Crippen molar-refractivity contribution in [2.75, 3.05) is 13.1 Å². The number of aliphatic hydroxyl groups is 1. The SMILES string of the molecule is CC(C)O.CCC1CC2(CCN(C3CCCCC3)CC2)C1. The Hall–Kier alpha value is -0.0800. The van der Waals surface area contributed by atoms with Gasteiger partial charge in [-0.25, -0.2) is 0 Å². The number of rotatable bonds is 2. The average Bonchev–Trinajstić information content (AvgIpc) is 2.45. The summed E-state index contributed by atoms with van der Waals surface area (Å²) in [6, 6.07) is 0.961. The minimum Gasteiger partial charge on any atom is -0.394 e. The zero-order valence-electron chi connectivity index (χ0n) is 14.6. The second-order valence-electron chi connectivity index (χ2n) is 8.10. The minimum atomic E-state index is -0.167. The Morgan fingerprint density at radius 2 is 1.57 bits per heavy atom. The van der Waals surface area contributed by atoms with Crippen molar-refractivity contribution in [3.63, 3.8) is 0 Å². The maximum atomic E-state index is 8.06. The van der Waals surface area contributed by atoms with Gasteiger partial charge in [0, 0.05) is 12.1 Å². The van der Waals surface area contributed by atoms with E-state index < -0.39 is 0 Å². The molecule has 2 saturated carbocycles. The zero-order valence-corrected chi connectivity index (χ0v) is 14.6. The van der Waals surface area contributed by atoms with E-state index in [4.69, 9.17) is 5.11 Å². The van der Waals surface area contributed by atoms with Gasteiger partial charge in [-0.15, -0.1) is 0 Å². The van der Waals surface area contributed by atoms with Crippen LogP contribution >= 0.6 is 0 Å². The molecule has 1 heterocycles. The maximum Gasteiger partial charge on any atom is 0.0483 e. The predicted molar refractivity (Wildman–Crippen MR) is 90.5 cm³/mol. The molecule has 3 rings (SSSR count). The molecule has 21 heavy (non-hydrogen) atoms. The van der Waals surface area contributed by atoms with Crippen LogP contribution in [0.3, 0.4) is 0 Å². The normalized spacial score (nSPS) is 27.3. The highest BCUT2D eigenvalue weighted by atomic mass is 16.3. The Bertz CT molecular complexity index is 277. The standard InChI is InChI=1S/C16H29N.C3H8O/c1-2-14-12-16(13-14)8-10-17(11-9-16)15-6-4-3-5-7-15;1-3(2)4/h14-15H,2-13H2,1H3;3-4H,1-2H3. The summed E-state index contributed by atoms with van der Waals surface area (Å²) in [5.41, 5.74) is 0.811. The Kier molecular flexibility index (Phi) is 6.55. The van der Waals surface area contributed by atoms with Gasteiger partial charge in [0.05, 0.1) is 0 Å². The van der Waals surface area contributed by atoms with Gasteiger partial charge in [-0.05, 0) is 76.8 Å². The molecule has 2 aliphatic carbocycles. The topological polar surface area (TPSA) is 23.5 Å². The number of hydrogen-bond acceptors (Lipinski definition) is 2. The van der Waals surface area contributed by atoms with Crippen molar-refractivity contribution in [3.8, 4) is 0 Å².